The zero-order valence-corrected chi connectivity index (χ0v) is 15.3. The van der Waals surface area contributed by atoms with Crippen LogP contribution in [0, 0.1) is 5.82 Å². The summed E-state index contributed by atoms with van der Waals surface area (Å²) in [6, 6.07) is 8.31. The first-order valence-corrected chi connectivity index (χ1v) is 9.28. The topological polar surface area (TPSA) is 100 Å². The van der Waals surface area contributed by atoms with Crippen LogP contribution in [-0.4, -0.2) is 32.5 Å². The van der Waals surface area contributed by atoms with Crippen molar-refractivity contribution < 1.29 is 14.0 Å². The number of hydrogen-bond acceptors (Lipinski definition) is 6. The van der Waals surface area contributed by atoms with Crippen molar-refractivity contribution in [1.82, 2.24) is 19.9 Å². The summed E-state index contributed by atoms with van der Waals surface area (Å²) in [6.45, 7) is 0. The average molecular weight is 392 g/mol. The Morgan fingerprint density at radius 1 is 1.24 bits per heavy atom. The van der Waals surface area contributed by atoms with Crippen LogP contribution in [0.25, 0.3) is 11.7 Å². The Kier molecular flexibility index (Phi) is 4.01. The number of nitrogens with one attached hydrogen (secondary N) is 3. The second-order valence-electron chi connectivity index (χ2n) is 7.14. The van der Waals surface area contributed by atoms with E-state index in [4.69, 9.17) is 0 Å². The quantitative estimate of drug-likeness (QED) is 0.456. The zero-order valence-electron chi connectivity index (χ0n) is 15.3. The van der Waals surface area contributed by atoms with Gasteiger partial charge in [0.2, 0.25) is 5.91 Å². The van der Waals surface area contributed by atoms with Crippen molar-refractivity contribution in [3.8, 4) is 0 Å². The molecule has 146 valence electrons. The Hall–Kier alpha value is -3.75. The second kappa shape index (κ2) is 6.69. The molecule has 1 aliphatic heterocycles. The number of amides is 2. The highest BCUT2D eigenvalue weighted by atomic mass is 19.1. The minimum atomic E-state index is -0.403. The summed E-state index contributed by atoms with van der Waals surface area (Å²) in [5, 5.41) is 13.2. The van der Waals surface area contributed by atoms with Gasteiger partial charge in [-0.25, -0.2) is 9.37 Å². The molecule has 5 rings (SSSR count). The molecule has 2 aromatic heterocycles. The first kappa shape index (κ1) is 17.4. The van der Waals surface area contributed by atoms with Gasteiger partial charge in [0.1, 0.15) is 17.5 Å². The molecule has 1 aliphatic carbocycles. The molecular weight excluding hydrogens is 375 g/mol. The Bertz CT molecular complexity index is 1180. The van der Waals surface area contributed by atoms with Crippen molar-refractivity contribution >= 4 is 40.9 Å². The number of fused-ring (bicyclic) bond motifs is 1. The van der Waals surface area contributed by atoms with Gasteiger partial charge in [0, 0.05) is 28.9 Å². The highest BCUT2D eigenvalue weighted by Gasteiger charge is 2.25. The average Bonchev–Trinajstić information content (AvgIpc) is 3.31. The molecule has 1 aromatic carbocycles. The van der Waals surface area contributed by atoms with Crippen molar-refractivity contribution in [2.24, 2.45) is 0 Å². The Labute approximate surface area is 164 Å². The van der Waals surface area contributed by atoms with Gasteiger partial charge >= 0.3 is 0 Å². The third kappa shape index (κ3) is 3.54. The van der Waals surface area contributed by atoms with E-state index in [1.54, 1.807) is 28.9 Å². The Balaban J connectivity index is 1.57. The second-order valence-corrected chi connectivity index (χ2v) is 7.14. The number of imide groups is 1. The fourth-order valence-electron chi connectivity index (χ4n) is 3.21. The number of aromatic nitrogens is 3. The highest BCUT2D eigenvalue weighted by molar-refractivity contribution is 6.15. The minimum Gasteiger partial charge on any atom is -0.367 e. The van der Waals surface area contributed by atoms with E-state index < -0.39 is 5.91 Å². The van der Waals surface area contributed by atoms with Crippen molar-refractivity contribution in [3.05, 3.63) is 53.5 Å². The van der Waals surface area contributed by atoms with Crippen molar-refractivity contribution in [1.29, 1.82) is 0 Å². The number of nitrogens with zero attached hydrogens (tertiary/aromatic N) is 3. The smallest absolute Gasteiger partial charge is 0.254 e. The van der Waals surface area contributed by atoms with Crippen LogP contribution in [0.2, 0.25) is 0 Å². The molecule has 9 heteroatoms. The van der Waals surface area contributed by atoms with Gasteiger partial charge in [-0.15, -0.1) is 0 Å². The first-order chi connectivity index (χ1) is 14.0. The lowest BCUT2D eigenvalue weighted by atomic mass is 10.1. The number of anilines is 3. The molecule has 1 saturated carbocycles. The van der Waals surface area contributed by atoms with Gasteiger partial charge < -0.3 is 10.6 Å². The van der Waals surface area contributed by atoms with E-state index in [-0.39, 0.29) is 18.1 Å². The lowest BCUT2D eigenvalue weighted by Gasteiger charge is -2.11. The molecule has 3 aromatic rings. The van der Waals surface area contributed by atoms with Crippen LogP contribution < -0.4 is 16.0 Å². The molecule has 3 heterocycles. The van der Waals surface area contributed by atoms with E-state index in [1.807, 2.05) is 6.07 Å². The van der Waals surface area contributed by atoms with Gasteiger partial charge in [0.15, 0.2) is 5.65 Å². The largest absolute Gasteiger partial charge is 0.367 e. The van der Waals surface area contributed by atoms with Gasteiger partial charge in [-0.3, -0.25) is 14.9 Å². The maximum Gasteiger partial charge on any atom is 0.254 e. The lowest BCUT2D eigenvalue weighted by molar-refractivity contribution is -0.124. The van der Waals surface area contributed by atoms with Crippen LogP contribution >= 0.6 is 0 Å². The summed E-state index contributed by atoms with van der Waals surface area (Å²) in [4.78, 5) is 28.0. The normalized spacial score (nSPS) is 17.8. The number of benzene rings is 1. The summed E-state index contributed by atoms with van der Waals surface area (Å²) < 4.78 is 15.2. The molecule has 0 atom stereocenters. The van der Waals surface area contributed by atoms with Gasteiger partial charge in [-0.05, 0) is 37.1 Å². The molecule has 2 aliphatic rings. The maximum absolute atomic E-state index is 13.5. The predicted octanol–water partition coefficient (Wildman–Crippen LogP) is 2.62. The third-order valence-electron chi connectivity index (χ3n) is 4.75. The number of rotatable bonds is 5. The molecule has 1 saturated heterocycles. The number of hydrogen-bond donors (Lipinski definition) is 3. The van der Waals surface area contributed by atoms with E-state index in [1.165, 1.54) is 12.1 Å². The molecule has 2 fully saturated rings. The van der Waals surface area contributed by atoms with Crippen LogP contribution in [-0.2, 0) is 9.59 Å². The standard InChI is InChI=1S/C20H17FN6O2/c21-13-2-1-3-15(8-13)23-16-9-17(24-14-4-5-14)27-19(25-16)12(10-22-27)6-11-7-18(28)26-20(11)29/h1-3,6,8-10,14,24H,4-5,7H2,(H,23,25)(H,26,28,29). The molecule has 29 heavy (non-hydrogen) atoms. The van der Waals surface area contributed by atoms with E-state index in [0.29, 0.717) is 34.3 Å². The fourth-order valence-corrected chi connectivity index (χ4v) is 3.21. The molecule has 2 amide bonds. The van der Waals surface area contributed by atoms with Gasteiger partial charge in [-0.2, -0.15) is 9.61 Å². The fraction of sp³-hybridized carbons (Fsp3) is 0.200. The summed E-state index contributed by atoms with van der Waals surface area (Å²) in [5.74, 6) is 0.181. The molecule has 0 radical (unpaired) electrons. The molecule has 8 nitrogen and oxygen atoms in total. The van der Waals surface area contributed by atoms with Crippen molar-refractivity contribution in [2.45, 2.75) is 25.3 Å². The van der Waals surface area contributed by atoms with E-state index >= 15 is 0 Å². The predicted molar refractivity (Wildman–Crippen MR) is 105 cm³/mol. The monoisotopic (exact) mass is 392 g/mol. The summed E-state index contributed by atoms with van der Waals surface area (Å²) in [6.07, 6.45) is 5.43. The van der Waals surface area contributed by atoms with Crippen molar-refractivity contribution in [3.63, 3.8) is 0 Å². The van der Waals surface area contributed by atoms with Crippen LogP contribution in [0.4, 0.5) is 21.7 Å². The lowest BCUT2D eigenvalue weighted by Crippen LogP contribution is -2.19. The number of halogens is 1. The van der Waals surface area contributed by atoms with Crippen LogP contribution in [0.15, 0.2) is 42.1 Å². The van der Waals surface area contributed by atoms with E-state index in [2.05, 4.69) is 26.0 Å². The Morgan fingerprint density at radius 2 is 2.10 bits per heavy atom. The summed E-state index contributed by atoms with van der Waals surface area (Å²) in [7, 11) is 0. The first-order valence-electron chi connectivity index (χ1n) is 9.28. The number of carbonyl (C=O) groups is 2. The van der Waals surface area contributed by atoms with E-state index in [9.17, 15) is 14.0 Å². The zero-order chi connectivity index (χ0) is 20.0. The molecule has 0 bridgehead atoms. The number of carbonyl (C=O) groups excluding carboxylic acids is 2. The molecular formula is C20H17FN6O2. The van der Waals surface area contributed by atoms with Gasteiger partial charge in [-0.1, -0.05) is 6.07 Å². The summed E-state index contributed by atoms with van der Waals surface area (Å²) >= 11 is 0. The third-order valence-corrected chi connectivity index (χ3v) is 4.75. The van der Waals surface area contributed by atoms with Gasteiger partial charge in [0.05, 0.1) is 12.6 Å². The highest BCUT2D eigenvalue weighted by Crippen LogP contribution is 2.29. The molecule has 3 N–H and O–H groups in total. The Morgan fingerprint density at radius 3 is 2.83 bits per heavy atom. The van der Waals surface area contributed by atoms with Crippen LogP contribution in [0.1, 0.15) is 24.8 Å². The van der Waals surface area contributed by atoms with Crippen molar-refractivity contribution in [2.75, 3.05) is 10.6 Å². The van der Waals surface area contributed by atoms with E-state index in [0.717, 1.165) is 18.7 Å². The SMILES string of the molecule is O=C1CC(=Cc2cnn3c(NC4CC4)cc(Nc4cccc(F)c4)nc23)C(=O)N1. The summed E-state index contributed by atoms with van der Waals surface area (Å²) in [5.41, 5.74) is 2.08. The maximum atomic E-state index is 13.5. The minimum absolute atomic E-state index is 0.0323. The van der Waals surface area contributed by atoms with Crippen LogP contribution in [0.3, 0.4) is 0 Å². The molecule has 0 spiro atoms. The van der Waals surface area contributed by atoms with Gasteiger partial charge in [0.25, 0.3) is 5.91 Å². The van der Waals surface area contributed by atoms with Crippen LogP contribution in [0.5, 0.6) is 0 Å². The molecule has 0 unspecified atom stereocenters.